The summed E-state index contributed by atoms with van der Waals surface area (Å²) in [5.74, 6) is -0.943. The van der Waals surface area contributed by atoms with Gasteiger partial charge in [-0.3, -0.25) is 5.26 Å². The molecule has 4 heteroatoms. The topological polar surface area (TPSA) is 66.8 Å². The zero-order valence-electron chi connectivity index (χ0n) is 14.8. The lowest BCUT2D eigenvalue weighted by Crippen LogP contribution is -2.10. The number of hydrogen-bond acceptors (Lipinski definition) is 3. The van der Waals surface area contributed by atoms with E-state index in [2.05, 4.69) is 17.9 Å². The van der Waals surface area contributed by atoms with Crippen molar-refractivity contribution in [2.75, 3.05) is 0 Å². The molecule has 0 amide bonds. The summed E-state index contributed by atoms with van der Waals surface area (Å²) >= 11 is 0. The lowest BCUT2D eigenvalue weighted by Gasteiger charge is -2.12. The van der Waals surface area contributed by atoms with Crippen LogP contribution in [0.3, 0.4) is 0 Å². The highest BCUT2D eigenvalue weighted by molar-refractivity contribution is 5.80. The minimum absolute atomic E-state index is 0.00279. The standard InChI is InChI=1S/C20H32O4/c1-2-3-13-16-19(24-23)17-14-11-9-7-5-4-6-8-10-12-15-18-20(21)22/h4-6,8,10,12,15,18-19,23H,2-3,7,9,11,13-14,16-17H2,1H3,(H,21,22)/b5-4+,8-6+,12-10+,18-15+. The highest BCUT2D eigenvalue weighted by Crippen LogP contribution is 2.14. The number of carbonyl (C=O) groups is 1. The van der Waals surface area contributed by atoms with E-state index in [0.29, 0.717) is 0 Å². The van der Waals surface area contributed by atoms with E-state index in [-0.39, 0.29) is 6.10 Å². The highest BCUT2D eigenvalue weighted by atomic mass is 17.1. The molecule has 0 aromatic rings. The zero-order chi connectivity index (χ0) is 17.9. The highest BCUT2D eigenvalue weighted by Gasteiger charge is 2.07. The average Bonchev–Trinajstić information content (AvgIpc) is 2.57. The molecule has 0 aliphatic carbocycles. The van der Waals surface area contributed by atoms with Crippen LogP contribution in [0.2, 0.25) is 0 Å². The summed E-state index contributed by atoms with van der Waals surface area (Å²) in [6.07, 6.45) is 23.7. The molecule has 0 heterocycles. The van der Waals surface area contributed by atoms with Crippen LogP contribution >= 0.6 is 0 Å². The van der Waals surface area contributed by atoms with Crippen LogP contribution in [0.1, 0.15) is 64.7 Å². The second kappa shape index (κ2) is 17.7. The van der Waals surface area contributed by atoms with Crippen LogP contribution in [0.25, 0.3) is 0 Å². The molecule has 2 N–H and O–H groups in total. The van der Waals surface area contributed by atoms with Gasteiger partial charge in [-0.1, -0.05) is 81.6 Å². The summed E-state index contributed by atoms with van der Waals surface area (Å²) in [7, 11) is 0. The van der Waals surface area contributed by atoms with Crippen molar-refractivity contribution in [1.82, 2.24) is 0 Å². The maximum absolute atomic E-state index is 10.2. The Morgan fingerprint density at radius 3 is 2.17 bits per heavy atom. The van der Waals surface area contributed by atoms with Gasteiger partial charge in [-0.2, -0.15) is 0 Å². The number of carboxylic acids is 1. The normalized spacial score (nSPS) is 13.8. The molecule has 0 rings (SSSR count). The van der Waals surface area contributed by atoms with E-state index in [4.69, 9.17) is 10.4 Å². The van der Waals surface area contributed by atoms with E-state index in [0.717, 1.165) is 51.0 Å². The van der Waals surface area contributed by atoms with Crippen molar-refractivity contribution in [3.05, 3.63) is 48.6 Å². The van der Waals surface area contributed by atoms with Crippen LogP contribution in [0, 0.1) is 0 Å². The van der Waals surface area contributed by atoms with Gasteiger partial charge in [-0.05, 0) is 25.7 Å². The first-order chi connectivity index (χ1) is 11.7. The second-order valence-electron chi connectivity index (χ2n) is 5.76. The van der Waals surface area contributed by atoms with Gasteiger partial charge in [0.25, 0.3) is 0 Å². The van der Waals surface area contributed by atoms with E-state index in [1.54, 1.807) is 12.2 Å². The van der Waals surface area contributed by atoms with E-state index >= 15 is 0 Å². The van der Waals surface area contributed by atoms with E-state index in [1.165, 1.54) is 18.9 Å². The van der Waals surface area contributed by atoms with Crippen molar-refractivity contribution < 1.29 is 20.0 Å². The van der Waals surface area contributed by atoms with Gasteiger partial charge in [0.2, 0.25) is 0 Å². The average molecular weight is 336 g/mol. The van der Waals surface area contributed by atoms with Crippen LogP contribution in [0.4, 0.5) is 0 Å². The third-order valence-corrected chi connectivity index (χ3v) is 3.61. The fraction of sp³-hybridized carbons (Fsp3) is 0.550. The number of rotatable bonds is 15. The van der Waals surface area contributed by atoms with Crippen molar-refractivity contribution in [2.24, 2.45) is 0 Å². The van der Waals surface area contributed by atoms with Gasteiger partial charge in [0.15, 0.2) is 0 Å². The molecular formula is C20H32O4. The Morgan fingerprint density at radius 1 is 0.917 bits per heavy atom. The first-order valence-electron chi connectivity index (χ1n) is 8.90. The summed E-state index contributed by atoms with van der Waals surface area (Å²) in [5.41, 5.74) is 0. The van der Waals surface area contributed by atoms with Crippen LogP contribution in [0.15, 0.2) is 48.6 Å². The Bertz CT molecular complexity index is 408. The molecule has 0 aromatic carbocycles. The molecular weight excluding hydrogens is 304 g/mol. The molecule has 4 nitrogen and oxygen atoms in total. The number of hydrogen-bond donors (Lipinski definition) is 2. The Balaban J connectivity index is 3.59. The molecule has 0 fully saturated rings. The van der Waals surface area contributed by atoms with Crippen molar-refractivity contribution in [2.45, 2.75) is 70.8 Å². The van der Waals surface area contributed by atoms with Crippen LogP contribution < -0.4 is 0 Å². The third kappa shape index (κ3) is 16.7. The predicted octanol–water partition coefficient (Wildman–Crippen LogP) is 5.68. The minimum atomic E-state index is -0.943. The van der Waals surface area contributed by atoms with Crippen molar-refractivity contribution >= 4 is 5.97 Å². The number of aliphatic carboxylic acids is 1. The van der Waals surface area contributed by atoms with Gasteiger partial charge in [-0.25, -0.2) is 9.68 Å². The van der Waals surface area contributed by atoms with Crippen molar-refractivity contribution in [1.29, 1.82) is 0 Å². The number of allylic oxidation sites excluding steroid dienone is 7. The molecule has 0 saturated heterocycles. The van der Waals surface area contributed by atoms with Gasteiger partial charge >= 0.3 is 5.97 Å². The minimum Gasteiger partial charge on any atom is -0.478 e. The smallest absolute Gasteiger partial charge is 0.328 e. The van der Waals surface area contributed by atoms with Gasteiger partial charge in [0, 0.05) is 6.08 Å². The van der Waals surface area contributed by atoms with Gasteiger partial charge in [0.1, 0.15) is 0 Å². The third-order valence-electron chi connectivity index (χ3n) is 3.61. The summed E-state index contributed by atoms with van der Waals surface area (Å²) < 4.78 is 0. The Labute approximate surface area is 146 Å². The zero-order valence-corrected chi connectivity index (χ0v) is 14.8. The summed E-state index contributed by atoms with van der Waals surface area (Å²) in [4.78, 5) is 14.8. The Kier molecular flexibility index (Phi) is 16.5. The molecule has 0 aliphatic rings. The summed E-state index contributed by atoms with van der Waals surface area (Å²) in [5, 5.41) is 17.3. The van der Waals surface area contributed by atoms with Gasteiger partial charge in [0.05, 0.1) is 6.10 Å². The molecule has 0 saturated carbocycles. The van der Waals surface area contributed by atoms with Gasteiger partial charge < -0.3 is 5.11 Å². The number of unbranched alkanes of at least 4 members (excludes halogenated alkanes) is 5. The van der Waals surface area contributed by atoms with Crippen molar-refractivity contribution in [3.8, 4) is 0 Å². The van der Waals surface area contributed by atoms with Crippen LogP contribution in [-0.4, -0.2) is 22.4 Å². The second-order valence-corrected chi connectivity index (χ2v) is 5.76. The Hall–Kier alpha value is -1.65. The molecule has 1 unspecified atom stereocenters. The Morgan fingerprint density at radius 2 is 1.54 bits per heavy atom. The number of carboxylic acid groups (broad SMARTS) is 1. The molecule has 24 heavy (non-hydrogen) atoms. The fourth-order valence-corrected chi connectivity index (χ4v) is 2.25. The molecule has 0 radical (unpaired) electrons. The lowest BCUT2D eigenvalue weighted by molar-refractivity contribution is -0.281. The summed E-state index contributed by atoms with van der Waals surface area (Å²) in [6, 6.07) is 0. The maximum Gasteiger partial charge on any atom is 0.328 e. The van der Waals surface area contributed by atoms with Crippen LogP contribution in [-0.2, 0) is 9.68 Å². The first kappa shape index (κ1) is 22.4. The fourth-order valence-electron chi connectivity index (χ4n) is 2.25. The van der Waals surface area contributed by atoms with E-state index in [9.17, 15) is 4.79 Å². The monoisotopic (exact) mass is 336 g/mol. The first-order valence-corrected chi connectivity index (χ1v) is 8.90. The molecule has 1 atom stereocenters. The quantitative estimate of drug-likeness (QED) is 0.133. The summed E-state index contributed by atoms with van der Waals surface area (Å²) in [6.45, 7) is 2.17. The van der Waals surface area contributed by atoms with Crippen molar-refractivity contribution in [3.63, 3.8) is 0 Å². The lowest BCUT2D eigenvalue weighted by atomic mass is 10.0. The van der Waals surface area contributed by atoms with E-state index < -0.39 is 5.97 Å². The molecule has 136 valence electrons. The largest absolute Gasteiger partial charge is 0.478 e. The molecule has 0 aromatic heterocycles. The predicted molar refractivity (Wildman–Crippen MR) is 98.9 cm³/mol. The SMILES string of the molecule is CCCCCC(CCCCC/C=C/C=C/C=C/C=C/C(=O)O)OO. The van der Waals surface area contributed by atoms with E-state index in [1.807, 2.05) is 18.2 Å². The molecule has 0 bridgehead atoms. The molecule has 0 aliphatic heterocycles. The molecule has 0 spiro atoms. The van der Waals surface area contributed by atoms with Gasteiger partial charge in [-0.15, -0.1) is 0 Å². The maximum atomic E-state index is 10.2. The van der Waals surface area contributed by atoms with Crippen LogP contribution in [0.5, 0.6) is 0 Å².